The fraction of sp³-hybridized carbons (Fsp3) is 0.0455. The summed E-state index contributed by atoms with van der Waals surface area (Å²) in [4.78, 5) is 96.5. The first-order valence-electron chi connectivity index (χ1n) is 37.8. The Bertz CT molecular complexity index is 6900. The second-order valence-electron chi connectivity index (χ2n) is 27.7. The number of carbonyl (C=O) groups excluding carboxylic acids is 4. The van der Waals surface area contributed by atoms with Gasteiger partial charge in [0.25, 0.3) is 32.1 Å². The number of hydrogen-bond acceptors (Lipinski definition) is 30. The number of carboxylic acid groups (broad SMARTS) is 4. The fourth-order valence-electron chi connectivity index (χ4n) is 12.9. The molecule has 14 aromatic rings. The van der Waals surface area contributed by atoms with Crippen molar-refractivity contribution in [3.05, 3.63) is 265 Å². The van der Waals surface area contributed by atoms with Crippen molar-refractivity contribution in [2.75, 3.05) is 58.3 Å². The summed E-state index contributed by atoms with van der Waals surface area (Å²) in [6.07, 6.45) is -1.81. The monoisotopic (exact) mass is 1800 g/mol. The zero-order chi connectivity index (χ0) is 92.2. The quantitative estimate of drug-likeness (QED) is 0.00830. The maximum absolute atomic E-state index is 13.0. The molecule has 0 unspecified atom stereocenters. The molecule has 0 heterocycles. The molecular formula is C88H64N14O26S2. The zero-order valence-corrected chi connectivity index (χ0v) is 68.0. The van der Waals surface area contributed by atoms with Gasteiger partial charge in [-0.2, -0.15) is 27.1 Å². The number of carboxylic acids is 4. The van der Waals surface area contributed by atoms with Crippen molar-refractivity contribution >= 4 is 202 Å². The van der Waals surface area contributed by atoms with Crippen LogP contribution in [0.3, 0.4) is 0 Å². The third-order valence-electron chi connectivity index (χ3n) is 18.9. The Hall–Kier alpha value is -17.9. The lowest BCUT2D eigenvalue weighted by Crippen LogP contribution is -2.20. The van der Waals surface area contributed by atoms with E-state index < -0.39 is 137 Å². The van der Waals surface area contributed by atoms with Crippen molar-refractivity contribution in [1.82, 2.24) is 0 Å². The maximum atomic E-state index is 13.0. The Morgan fingerprint density at radius 1 is 0.323 bits per heavy atom. The summed E-state index contributed by atoms with van der Waals surface area (Å²) < 4.78 is 94.8. The van der Waals surface area contributed by atoms with Gasteiger partial charge in [-0.1, -0.05) is 48.5 Å². The van der Waals surface area contributed by atoms with E-state index in [1.807, 2.05) is 0 Å². The summed E-state index contributed by atoms with van der Waals surface area (Å²) in [7, 11) is -10.3. The first kappa shape index (κ1) is 88.4. The minimum Gasteiger partial charge on any atom is -0.507 e. The summed E-state index contributed by atoms with van der Waals surface area (Å²) >= 11 is 0. The van der Waals surface area contributed by atoms with Crippen molar-refractivity contribution in [2.45, 2.75) is 9.79 Å². The van der Waals surface area contributed by atoms with Crippen molar-refractivity contribution in [1.29, 1.82) is 0 Å². The normalized spacial score (nSPS) is 11.6. The molecule has 0 aliphatic heterocycles. The van der Waals surface area contributed by atoms with E-state index >= 15 is 0 Å². The van der Waals surface area contributed by atoms with Gasteiger partial charge in [-0.3, -0.25) is 29.3 Å². The molecule has 0 aromatic heterocycles. The van der Waals surface area contributed by atoms with E-state index in [2.05, 4.69) is 72.8 Å². The average Bonchev–Trinajstić information content (AvgIpc) is 0.767. The van der Waals surface area contributed by atoms with Gasteiger partial charge in [0.2, 0.25) is 0 Å². The smallest absolute Gasteiger partial charge is 0.411 e. The minimum absolute atomic E-state index is 0.0168. The Labute approximate surface area is 730 Å². The fourth-order valence-corrected chi connectivity index (χ4v) is 14.2. The highest BCUT2D eigenvalue weighted by Gasteiger charge is 2.27. The van der Waals surface area contributed by atoms with Gasteiger partial charge in [0.1, 0.15) is 68.4 Å². The number of phenols is 4. The van der Waals surface area contributed by atoms with Crippen molar-refractivity contribution < 1.29 is 124 Å². The number of amides is 4. The number of ether oxygens (including phenoxy) is 4. The number of aromatic hydroxyl groups is 4. The molecule has 0 radical (unpaired) electrons. The molecule has 654 valence electrons. The van der Waals surface area contributed by atoms with Crippen LogP contribution >= 0.6 is 0 Å². The van der Waals surface area contributed by atoms with Crippen LogP contribution in [0.25, 0.3) is 43.1 Å². The second kappa shape index (κ2) is 38.1. The first-order chi connectivity index (χ1) is 62.2. The second-order valence-corrected chi connectivity index (χ2v) is 30.5. The van der Waals surface area contributed by atoms with E-state index in [4.69, 9.17) is 18.9 Å². The van der Waals surface area contributed by atoms with Crippen LogP contribution in [0.15, 0.2) is 293 Å². The van der Waals surface area contributed by atoms with Gasteiger partial charge in [-0.05, 0) is 193 Å². The largest absolute Gasteiger partial charge is 0.507 e. The maximum Gasteiger partial charge on any atom is 0.411 e. The zero-order valence-electron chi connectivity index (χ0n) is 66.3. The SMILES string of the molecule is O=C(O)COc1cc(N=Nc2c(S(=O)(=O)O)cc3cc(Nc4ccc(NC(=O)OCCOC(=O)Nc5ccc(Nc6ccc7c(O)c(N=Nc8cc(OCC(=O)O)c(N=Nc9ccc(C(=O)Nc%10ccc(O)c(C(=O)O)c%10)cc9)c9ccccc89)c(S(=O)(=O)O)cc7c6)cc5)cc4)ccc3c2O)c2ccccc2c1N=Nc1ccc(C(=O)Nc2ccc(O)c(C(=O)O)c2)cc1. The lowest BCUT2D eigenvalue weighted by Gasteiger charge is -2.13. The first-order valence-corrected chi connectivity index (χ1v) is 40.7. The van der Waals surface area contributed by atoms with Crippen LogP contribution in [0.2, 0.25) is 0 Å². The van der Waals surface area contributed by atoms with Crippen LogP contribution in [0.4, 0.5) is 101 Å². The topological polar surface area (TPSA) is 615 Å². The van der Waals surface area contributed by atoms with Crippen molar-refractivity contribution in [3.8, 4) is 34.5 Å². The van der Waals surface area contributed by atoms with Crippen LogP contribution in [0.5, 0.6) is 34.5 Å². The molecule has 14 rings (SSSR count). The van der Waals surface area contributed by atoms with E-state index in [-0.39, 0.29) is 125 Å². The number of rotatable bonds is 31. The highest BCUT2D eigenvalue weighted by molar-refractivity contribution is 7.86. The van der Waals surface area contributed by atoms with Crippen molar-refractivity contribution in [2.24, 2.45) is 40.9 Å². The van der Waals surface area contributed by atoms with Gasteiger partial charge in [-0.15, -0.1) is 30.7 Å². The van der Waals surface area contributed by atoms with E-state index in [0.717, 1.165) is 36.4 Å². The predicted molar refractivity (Wildman–Crippen MR) is 470 cm³/mol. The highest BCUT2D eigenvalue weighted by atomic mass is 32.2. The predicted octanol–water partition coefficient (Wildman–Crippen LogP) is 19.4. The molecule has 14 aromatic carbocycles. The number of azo groups is 4. The number of carbonyl (C=O) groups is 8. The molecule has 0 saturated heterocycles. The molecule has 42 heteroatoms. The number of nitrogens with one attached hydrogen (secondary N) is 6. The molecule has 40 nitrogen and oxygen atoms in total. The van der Waals surface area contributed by atoms with Gasteiger partial charge in [0, 0.05) is 101 Å². The molecule has 0 aliphatic rings. The molecule has 0 spiro atoms. The van der Waals surface area contributed by atoms with Crippen molar-refractivity contribution in [3.63, 3.8) is 0 Å². The third kappa shape index (κ3) is 21.1. The van der Waals surface area contributed by atoms with Crippen LogP contribution in [-0.2, 0) is 39.3 Å². The molecule has 130 heavy (non-hydrogen) atoms. The summed E-state index contributed by atoms with van der Waals surface area (Å²) in [5.41, 5.74) is 0.922. The molecule has 0 aliphatic carbocycles. The summed E-state index contributed by atoms with van der Waals surface area (Å²) in [6.45, 7) is -2.47. The Kier molecular flexibility index (Phi) is 25.9. The third-order valence-corrected chi connectivity index (χ3v) is 20.7. The lowest BCUT2D eigenvalue weighted by atomic mass is 10.1. The summed E-state index contributed by atoms with van der Waals surface area (Å²) in [5, 5.41) is 133. The number of aliphatic carboxylic acids is 2. The van der Waals surface area contributed by atoms with Crippen LogP contribution in [-0.4, -0.2) is 141 Å². The van der Waals surface area contributed by atoms with Gasteiger partial charge in [0.05, 0.1) is 22.7 Å². The van der Waals surface area contributed by atoms with Gasteiger partial charge in [-0.25, -0.2) is 28.8 Å². The Morgan fingerprint density at radius 2 is 0.662 bits per heavy atom. The van der Waals surface area contributed by atoms with Gasteiger partial charge >= 0.3 is 36.1 Å². The average molecular weight is 1800 g/mol. The number of phenolic OH excluding ortho intramolecular Hbond substituents is 2. The van der Waals surface area contributed by atoms with Gasteiger partial charge < -0.3 is 81.1 Å². The van der Waals surface area contributed by atoms with Gasteiger partial charge in [0.15, 0.2) is 36.2 Å². The molecule has 0 fully saturated rings. The summed E-state index contributed by atoms with van der Waals surface area (Å²) in [6, 6.07) is 57.2. The van der Waals surface area contributed by atoms with E-state index in [0.29, 0.717) is 33.5 Å². The highest BCUT2D eigenvalue weighted by Crippen LogP contribution is 2.49. The lowest BCUT2D eigenvalue weighted by molar-refractivity contribution is -0.140. The molecule has 4 amide bonds. The van der Waals surface area contributed by atoms with E-state index in [1.165, 1.54) is 121 Å². The molecule has 0 saturated carbocycles. The van der Waals surface area contributed by atoms with Crippen LogP contribution in [0, 0.1) is 0 Å². The molecule has 0 bridgehead atoms. The molecule has 0 atom stereocenters. The minimum atomic E-state index is -5.15. The number of anilines is 8. The van der Waals surface area contributed by atoms with Crippen LogP contribution in [0.1, 0.15) is 41.4 Å². The Balaban J connectivity index is 0.567. The molecule has 16 N–H and O–H groups in total. The number of benzene rings is 14. The Morgan fingerprint density at radius 3 is 1.02 bits per heavy atom. The summed E-state index contributed by atoms with van der Waals surface area (Å²) in [5.74, 6) is -9.53. The number of hydrogen-bond donors (Lipinski definition) is 16. The number of nitrogens with zero attached hydrogens (tertiary/aromatic N) is 8. The number of fused-ring (bicyclic) bond motifs is 4. The standard InChI is InChI=1S/C88H64N14O26S2/c103-69-31-27-57(39-65(69)85(113)114)91-83(111)45-9-13-53(14-10-45)95-99-77-63-7-3-1-5-61(63)67(41-71(77)127-43-75(105)106)97-101-79-73(129(119,120)121)37-47-35-55(25-29-59(47)81(79)109)89-49-17-21-51(22-18-49)93-87(117)125-33-34-126-88(118)94-52-23-19-50(20-24-52)90-56-26-30-60-48(36-56)38-74(130(122,123)124)80(82(60)110)102-98-68-42-72(128-44-76(107)108)78(64-8-4-2-6-62(64)68)100-96-54-15-11-46(12-16-54)84(112)92-58-28-32-70(104)66(40-58)86(115)116/h1-32,35-42,89-90,103-104,109-110H,33-34,43-44H2,(H,91,111)(H,92,112)(H,93,117)(H,94,118)(H,105,106)(H,107,108)(H,113,114)(H,115,116)(H,119,120,121)(H,122,123,124). The van der Waals surface area contributed by atoms with E-state index in [1.54, 1.807) is 84.9 Å². The number of aromatic carboxylic acids is 2. The van der Waals surface area contributed by atoms with E-state index in [9.17, 15) is 105 Å². The molecular weight excluding hydrogens is 1730 g/mol. The van der Waals surface area contributed by atoms with Crippen LogP contribution < -0.4 is 41.4 Å².